The number of aryl methyl sites for hydroxylation is 1. The summed E-state index contributed by atoms with van der Waals surface area (Å²) in [6.45, 7) is 4.22. The Hall–Kier alpha value is -3.46. The largest absolute Gasteiger partial charge is 0.495 e. The van der Waals surface area contributed by atoms with Gasteiger partial charge in [-0.1, -0.05) is 17.3 Å². The molecule has 3 aromatic rings. The Kier molecular flexibility index (Phi) is 6.63. The fraction of sp³-hybridized carbons (Fsp3) is 0.333. The highest BCUT2D eigenvalue weighted by Crippen LogP contribution is 2.21. The summed E-state index contributed by atoms with van der Waals surface area (Å²) in [5.74, 6) is 0.794. The summed E-state index contributed by atoms with van der Waals surface area (Å²) in [6, 6.07) is 8.87. The SMILES string of the molecule is CCN(Cc1nc(COC)no1)C(=O)c1c(C)ccn(-c2ccccc2OC)c1=O. The van der Waals surface area contributed by atoms with E-state index in [1.807, 2.05) is 13.0 Å². The smallest absolute Gasteiger partial charge is 0.268 e. The van der Waals surface area contributed by atoms with E-state index in [9.17, 15) is 9.59 Å². The number of pyridine rings is 1. The van der Waals surface area contributed by atoms with Crippen LogP contribution in [-0.2, 0) is 17.9 Å². The van der Waals surface area contributed by atoms with Crippen molar-refractivity contribution in [3.63, 3.8) is 0 Å². The van der Waals surface area contributed by atoms with Crippen LogP contribution < -0.4 is 10.3 Å². The van der Waals surface area contributed by atoms with Gasteiger partial charge in [-0.15, -0.1) is 0 Å². The quantitative estimate of drug-likeness (QED) is 0.560. The molecular weight excluding hydrogens is 388 g/mol. The van der Waals surface area contributed by atoms with E-state index in [2.05, 4.69) is 10.1 Å². The highest BCUT2D eigenvalue weighted by atomic mass is 16.5. The van der Waals surface area contributed by atoms with Crippen LogP contribution >= 0.6 is 0 Å². The van der Waals surface area contributed by atoms with Crippen LogP contribution in [-0.4, -0.2) is 46.3 Å². The molecule has 0 saturated heterocycles. The summed E-state index contributed by atoms with van der Waals surface area (Å²) in [4.78, 5) is 32.2. The molecule has 1 aromatic carbocycles. The molecule has 0 radical (unpaired) electrons. The average Bonchev–Trinajstić information content (AvgIpc) is 3.19. The van der Waals surface area contributed by atoms with Crippen molar-refractivity contribution in [1.82, 2.24) is 19.6 Å². The molecule has 0 atom stereocenters. The molecule has 9 heteroatoms. The molecule has 0 spiro atoms. The second-order valence-electron chi connectivity index (χ2n) is 6.58. The second-order valence-corrected chi connectivity index (χ2v) is 6.58. The number of rotatable bonds is 8. The van der Waals surface area contributed by atoms with Crippen molar-refractivity contribution >= 4 is 5.91 Å². The molecule has 2 heterocycles. The maximum atomic E-state index is 13.3. The Labute approximate surface area is 173 Å². The monoisotopic (exact) mass is 412 g/mol. The minimum absolute atomic E-state index is 0.0851. The van der Waals surface area contributed by atoms with Crippen molar-refractivity contribution in [1.29, 1.82) is 0 Å². The number of ether oxygens (including phenoxy) is 2. The van der Waals surface area contributed by atoms with Gasteiger partial charge in [0.05, 0.1) is 12.8 Å². The molecule has 0 saturated carbocycles. The first-order chi connectivity index (χ1) is 14.5. The van der Waals surface area contributed by atoms with Crippen molar-refractivity contribution in [2.75, 3.05) is 20.8 Å². The van der Waals surface area contributed by atoms with Gasteiger partial charge in [-0.3, -0.25) is 14.2 Å². The first-order valence-corrected chi connectivity index (χ1v) is 9.45. The molecule has 0 aliphatic carbocycles. The van der Waals surface area contributed by atoms with Gasteiger partial charge in [0.15, 0.2) is 5.82 Å². The Balaban J connectivity index is 1.97. The summed E-state index contributed by atoms with van der Waals surface area (Å²) in [7, 11) is 3.06. The van der Waals surface area contributed by atoms with Crippen molar-refractivity contribution in [2.24, 2.45) is 0 Å². The maximum absolute atomic E-state index is 13.3. The standard InChI is InChI=1S/C21H24N4O5/c1-5-24(12-18-22-17(13-28-3)23-30-18)20(26)19-14(2)10-11-25(21(19)27)15-8-6-7-9-16(15)29-4/h6-11H,5,12-13H2,1-4H3. The fourth-order valence-electron chi connectivity index (χ4n) is 3.10. The number of methoxy groups -OCH3 is 2. The topological polar surface area (TPSA) is 99.7 Å². The molecule has 0 aliphatic heterocycles. The Bertz CT molecular complexity index is 1090. The first kappa shape index (κ1) is 21.3. The molecule has 9 nitrogen and oxygen atoms in total. The molecule has 1 amide bonds. The highest BCUT2D eigenvalue weighted by Gasteiger charge is 2.24. The Morgan fingerprint density at radius 3 is 2.70 bits per heavy atom. The molecule has 0 bridgehead atoms. The van der Waals surface area contributed by atoms with Gasteiger partial charge in [0.25, 0.3) is 11.5 Å². The minimum Gasteiger partial charge on any atom is -0.495 e. The summed E-state index contributed by atoms with van der Waals surface area (Å²) in [5, 5.41) is 3.80. The van der Waals surface area contributed by atoms with E-state index in [1.54, 1.807) is 37.4 Å². The Morgan fingerprint density at radius 2 is 2.00 bits per heavy atom. The predicted octanol–water partition coefficient (Wildman–Crippen LogP) is 2.35. The minimum atomic E-state index is -0.423. The molecule has 0 aliphatic rings. The fourth-order valence-corrected chi connectivity index (χ4v) is 3.10. The van der Waals surface area contributed by atoms with Crippen LogP contribution in [0.1, 0.15) is 34.6 Å². The lowest BCUT2D eigenvalue weighted by Crippen LogP contribution is -2.37. The van der Waals surface area contributed by atoms with Crippen LogP contribution in [0.25, 0.3) is 5.69 Å². The van der Waals surface area contributed by atoms with E-state index in [0.717, 1.165) is 0 Å². The van der Waals surface area contributed by atoms with E-state index in [0.29, 0.717) is 29.4 Å². The van der Waals surface area contributed by atoms with Crippen molar-refractivity contribution in [2.45, 2.75) is 27.0 Å². The predicted molar refractivity (Wildman–Crippen MR) is 109 cm³/mol. The highest BCUT2D eigenvalue weighted by molar-refractivity contribution is 5.95. The normalized spacial score (nSPS) is 10.8. The van der Waals surface area contributed by atoms with Gasteiger partial charge in [-0.25, -0.2) is 0 Å². The van der Waals surface area contributed by atoms with Gasteiger partial charge in [-0.05, 0) is 37.6 Å². The van der Waals surface area contributed by atoms with Crippen LogP contribution in [0.15, 0.2) is 45.8 Å². The van der Waals surface area contributed by atoms with Crippen molar-refractivity contribution < 1.29 is 18.8 Å². The van der Waals surface area contributed by atoms with Crippen LogP contribution in [0.5, 0.6) is 5.75 Å². The van der Waals surface area contributed by atoms with E-state index in [1.165, 1.54) is 23.7 Å². The second kappa shape index (κ2) is 9.36. The van der Waals surface area contributed by atoms with Crippen molar-refractivity contribution in [3.8, 4) is 11.4 Å². The van der Waals surface area contributed by atoms with Crippen LogP contribution in [0.4, 0.5) is 0 Å². The molecule has 3 rings (SSSR count). The van der Waals surface area contributed by atoms with Gasteiger partial charge in [0.2, 0.25) is 5.89 Å². The summed E-state index contributed by atoms with van der Waals surface area (Å²) >= 11 is 0. The van der Waals surface area contributed by atoms with Gasteiger partial charge < -0.3 is 18.9 Å². The molecule has 0 N–H and O–H groups in total. The maximum Gasteiger partial charge on any atom is 0.268 e. The zero-order chi connectivity index (χ0) is 21.7. The molecule has 158 valence electrons. The van der Waals surface area contributed by atoms with E-state index in [4.69, 9.17) is 14.0 Å². The van der Waals surface area contributed by atoms with Crippen LogP contribution in [0.2, 0.25) is 0 Å². The zero-order valence-corrected chi connectivity index (χ0v) is 17.4. The lowest BCUT2D eigenvalue weighted by Gasteiger charge is -2.20. The molecular formula is C21H24N4O5. The summed E-state index contributed by atoms with van der Waals surface area (Å²) in [5.41, 5.74) is 0.804. The third-order valence-corrected chi connectivity index (χ3v) is 4.64. The van der Waals surface area contributed by atoms with Crippen molar-refractivity contribution in [3.05, 3.63) is 69.7 Å². The average molecular weight is 412 g/mol. The van der Waals surface area contributed by atoms with Crippen LogP contribution in [0, 0.1) is 6.92 Å². The van der Waals surface area contributed by atoms with E-state index in [-0.39, 0.29) is 24.6 Å². The van der Waals surface area contributed by atoms with Gasteiger partial charge in [-0.2, -0.15) is 4.98 Å². The van der Waals surface area contributed by atoms with E-state index < -0.39 is 11.5 Å². The molecule has 30 heavy (non-hydrogen) atoms. The summed E-state index contributed by atoms with van der Waals surface area (Å²) < 4.78 is 16.9. The number of nitrogens with zero attached hydrogens (tertiary/aromatic N) is 4. The lowest BCUT2D eigenvalue weighted by atomic mass is 10.1. The third-order valence-electron chi connectivity index (χ3n) is 4.64. The number of benzene rings is 1. The number of para-hydroxylation sites is 2. The molecule has 0 unspecified atom stereocenters. The van der Waals surface area contributed by atoms with E-state index >= 15 is 0 Å². The first-order valence-electron chi connectivity index (χ1n) is 9.45. The van der Waals surface area contributed by atoms with Gasteiger partial charge in [0, 0.05) is 19.9 Å². The number of hydrogen-bond acceptors (Lipinski definition) is 7. The zero-order valence-electron chi connectivity index (χ0n) is 17.4. The number of hydrogen-bond donors (Lipinski definition) is 0. The molecule has 2 aromatic heterocycles. The number of carbonyl (C=O) groups is 1. The summed E-state index contributed by atoms with van der Waals surface area (Å²) in [6.07, 6.45) is 1.64. The third kappa shape index (κ3) is 4.25. The lowest BCUT2D eigenvalue weighted by molar-refractivity contribution is 0.0731. The van der Waals surface area contributed by atoms with Crippen LogP contribution in [0.3, 0.4) is 0 Å². The molecule has 0 fully saturated rings. The number of aromatic nitrogens is 3. The Morgan fingerprint density at radius 1 is 1.23 bits per heavy atom. The number of amides is 1. The number of carbonyl (C=O) groups excluding carboxylic acids is 1. The van der Waals surface area contributed by atoms with Gasteiger partial charge >= 0.3 is 0 Å². The van der Waals surface area contributed by atoms with Gasteiger partial charge in [0.1, 0.15) is 24.5 Å².